The molecule has 0 aliphatic heterocycles. The first-order valence-electron chi connectivity index (χ1n) is 9.67. The molecular weight excluding hydrogens is 417 g/mol. The monoisotopic (exact) mass is 444 g/mol. The number of nitrogens with zero attached hydrogens (tertiary/aromatic N) is 2. The van der Waals surface area contributed by atoms with Crippen molar-refractivity contribution in [2.75, 3.05) is 19.6 Å². The summed E-state index contributed by atoms with van der Waals surface area (Å²) in [5.41, 5.74) is -0.176. The molecule has 0 aliphatic rings. The van der Waals surface area contributed by atoms with Crippen molar-refractivity contribution >= 4 is 17.3 Å². The number of hydrogen-bond donors (Lipinski definition) is 3. The van der Waals surface area contributed by atoms with E-state index in [-0.39, 0.29) is 12.6 Å². The fraction of sp³-hybridized carbons (Fsp3) is 0.500. The van der Waals surface area contributed by atoms with Crippen molar-refractivity contribution in [1.29, 1.82) is 0 Å². The molecule has 2 rings (SSSR count). The minimum atomic E-state index is -4.42. The van der Waals surface area contributed by atoms with Gasteiger partial charge in [-0.1, -0.05) is 12.1 Å². The highest BCUT2D eigenvalue weighted by Gasteiger charge is 2.33. The second-order valence-electron chi connectivity index (χ2n) is 6.78. The van der Waals surface area contributed by atoms with Gasteiger partial charge in [-0.3, -0.25) is 4.99 Å². The number of alkyl halides is 3. The lowest BCUT2D eigenvalue weighted by Crippen LogP contribution is -2.38. The Morgan fingerprint density at radius 2 is 2.07 bits per heavy atom. The molecule has 166 valence electrons. The van der Waals surface area contributed by atoms with Crippen LogP contribution >= 0.6 is 11.3 Å². The van der Waals surface area contributed by atoms with E-state index in [2.05, 4.69) is 20.6 Å². The molecule has 1 heterocycles. The van der Waals surface area contributed by atoms with Crippen molar-refractivity contribution in [3.63, 3.8) is 0 Å². The van der Waals surface area contributed by atoms with E-state index < -0.39 is 18.0 Å². The van der Waals surface area contributed by atoms with Crippen molar-refractivity contribution in [2.45, 2.75) is 45.6 Å². The van der Waals surface area contributed by atoms with Crippen LogP contribution in [0.2, 0.25) is 0 Å². The second kappa shape index (κ2) is 11.2. The van der Waals surface area contributed by atoms with E-state index >= 15 is 0 Å². The molecule has 1 atom stereocenters. The lowest BCUT2D eigenvalue weighted by atomic mass is 10.1. The molecule has 6 nitrogen and oxygen atoms in total. The predicted octanol–water partition coefficient (Wildman–Crippen LogP) is 3.78. The number of aromatic nitrogens is 1. The molecule has 10 heteroatoms. The molecule has 1 unspecified atom stereocenters. The fourth-order valence-electron chi connectivity index (χ4n) is 2.54. The van der Waals surface area contributed by atoms with Crippen molar-refractivity contribution in [1.82, 2.24) is 15.6 Å². The number of benzene rings is 1. The number of nitrogens with one attached hydrogen (secondary N) is 2. The number of ether oxygens (including phenoxy) is 1. The second-order valence-corrected chi connectivity index (χ2v) is 7.72. The molecule has 0 fully saturated rings. The zero-order chi connectivity index (χ0) is 22.1. The topological polar surface area (TPSA) is 78.8 Å². The number of hydrogen-bond acceptors (Lipinski definition) is 5. The molecule has 0 saturated heterocycles. The van der Waals surface area contributed by atoms with Crippen LogP contribution in [0.15, 0.2) is 34.6 Å². The van der Waals surface area contributed by atoms with Crippen LogP contribution in [0.25, 0.3) is 0 Å². The quantitative estimate of drug-likeness (QED) is 0.405. The highest BCUT2D eigenvalue weighted by atomic mass is 32.1. The van der Waals surface area contributed by atoms with Crippen LogP contribution in [0.1, 0.15) is 43.1 Å². The summed E-state index contributed by atoms with van der Waals surface area (Å²) in [6.07, 6.45) is -4.87. The molecule has 0 saturated carbocycles. The van der Waals surface area contributed by atoms with Crippen LogP contribution in [0.3, 0.4) is 0 Å². The first-order chi connectivity index (χ1) is 14.2. The van der Waals surface area contributed by atoms with Crippen molar-refractivity contribution < 1.29 is 23.0 Å². The number of guanidine groups is 1. The molecule has 0 spiro atoms. The average Bonchev–Trinajstić information content (AvgIpc) is 3.15. The smallest absolute Gasteiger partial charge is 0.434 e. The predicted molar refractivity (Wildman–Crippen MR) is 112 cm³/mol. The molecule has 2 aromatic rings. The molecule has 0 aliphatic carbocycles. The molecule has 3 N–H and O–H groups in total. The Morgan fingerprint density at radius 1 is 1.30 bits per heavy atom. The third-order valence-corrected chi connectivity index (χ3v) is 4.76. The van der Waals surface area contributed by atoms with Gasteiger partial charge in [-0.2, -0.15) is 13.2 Å². The maximum absolute atomic E-state index is 12.6. The Bertz CT molecular complexity index is 824. The van der Waals surface area contributed by atoms with E-state index in [0.717, 1.165) is 16.7 Å². The van der Waals surface area contributed by atoms with Crippen molar-refractivity contribution in [3.05, 3.63) is 45.9 Å². The van der Waals surface area contributed by atoms with Crippen LogP contribution in [-0.2, 0) is 12.6 Å². The summed E-state index contributed by atoms with van der Waals surface area (Å²) in [4.78, 5) is 7.97. The Morgan fingerprint density at radius 3 is 2.70 bits per heavy atom. The molecule has 30 heavy (non-hydrogen) atoms. The van der Waals surface area contributed by atoms with Gasteiger partial charge in [0.05, 0.1) is 23.8 Å². The Hall–Kier alpha value is -2.33. The normalized spacial score (nSPS) is 13.4. The number of aliphatic hydroxyl groups is 1. The Balaban J connectivity index is 1.91. The largest absolute Gasteiger partial charge is 0.491 e. The zero-order valence-corrected chi connectivity index (χ0v) is 18.0. The molecule has 0 radical (unpaired) electrons. The Labute approximate surface area is 178 Å². The Kier molecular flexibility index (Phi) is 8.91. The summed E-state index contributed by atoms with van der Waals surface area (Å²) in [5.74, 6) is 1.15. The lowest BCUT2D eigenvalue weighted by Gasteiger charge is -2.15. The van der Waals surface area contributed by atoms with Gasteiger partial charge in [0.1, 0.15) is 5.75 Å². The summed E-state index contributed by atoms with van der Waals surface area (Å²) < 4.78 is 43.5. The summed E-state index contributed by atoms with van der Waals surface area (Å²) >= 11 is 0.979. The highest BCUT2D eigenvalue weighted by molar-refractivity contribution is 7.09. The minimum absolute atomic E-state index is 0.0324. The number of aliphatic imine (C=N–C) groups is 1. The van der Waals surface area contributed by atoms with Crippen LogP contribution in [0.5, 0.6) is 5.75 Å². The summed E-state index contributed by atoms with van der Waals surface area (Å²) in [6.45, 7) is 6.85. The fourth-order valence-corrected chi connectivity index (χ4v) is 3.34. The van der Waals surface area contributed by atoms with Gasteiger partial charge in [-0.25, -0.2) is 4.98 Å². The van der Waals surface area contributed by atoms with Crippen LogP contribution in [0, 0.1) is 0 Å². The summed E-state index contributed by atoms with van der Waals surface area (Å²) in [5, 5.41) is 18.0. The first kappa shape index (κ1) is 23.9. The van der Waals surface area contributed by atoms with Gasteiger partial charge in [0.2, 0.25) is 0 Å². The number of aliphatic hydroxyl groups excluding tert-OH is 1. The van der Waals surface area contributed by atoms with Crippen molar-refractivity contribution in [2.24, 2.45) is 4.99 Å². The van der Waals surface area contributed by atoms with Gasteiger partial charge in [0.25, 0.3) is 0 Å². The van der Waals surface area contributed by atoms with Crippen LogP contribution in [-0.4, -0.2) is 41.8 Å². The number of thiazole rings is 1. The summed E-state index contributed by atoms with van der Waals surface area (Å²) in [6, 6.07) is 7.22. The van der Waals surface area contributed by atoms with Gasteiger partial charge in [-0.15, -0.1) is 11.3 Å². The third-order valence-electron chi connectivity index (χ3n) is 3.85. The first-order valence-corrected chi connectivity index (χ1v) is 10.6. The van der Waals surface area contributed by atoms with Crippen LogP contribution in [0.4, 0.5) is 13.2 Å². The van der Waals surface area contributed by atoms with E-state index in [1.807, 2.05) is 32.9 Å². The molecule has 1 aromatic carbocycles. The molecule has 0 bridgehead atoms. The maximum atomic E-state index is 12.6. The van der Waals surface area contributed by atoms with E-state index in [1.165, 1.54) is 0 Å². The van der Waals surface area contributed by atoms with Crippen LogP contribution < -0.4 is 15.4 Å². The number of halogens is 3. The van der Waals surface area contributed by atoms with E-state index in [9.17, 15) is 18.3 Å². The van der Waals surface area contributed by atoms with Crippen molar-refractivity contribution in [3.8, 4) is 5.75 Å². The van der Waals surface area contributed by atoms with Gasteiger partial charge >= 0.3 is 6.18 Å². The summed E-state index contributed by atoms with van der Waals surface area (Å²) in [7, 11) is 0. The average molecular weight is 445 g/mol. The van der Waals surface area contributed by atoms with Gasteiger partial charge in [-0.05, 0) is 38.5 Å². The van der Waals surface area contributed by atoms with E-state index in [0.29, 0.717) is 41.8 Å². The minimum Gasteiger partial charge on any atom is -0.491 e. The van der Waals surface area contributed by atoms with E-state index in [4.69, 9.17) is 4.74 Å². The lowest BCUT2D eigenvalue weighted by molar-refractivity contribution is -0.140. The highest BCUT2D eigenvalue weighted by Crippen LogP contribution is 2.30. The van der Waals surface area contributed by atoms with Gasteiger partial charge in [0, 0.05) is 24.9 Å². The number of rotatable bonds is 9. The standard InChI is InChI=1S/C20H27F3N4O2S/c1-4-24-19(25-9-8-18-27-17(12-30-18)20(21,22)23)26-11-16(28)14-6-5-7-15(10-14)29-13(2)3/h5-7,10,12-13,16,28H,4,8-9,11H2,1-3H3,(H2,24,25,26). The molecule has 0 amide bonds. The molecule has 1 aromatic heterocycles. The SMILES string of the molecule is CCNC(=NCC(O)c1cccc(OC(C)C)c1)NCCc1nc(C(F)(F)F)cs1. The molecular formula is C20H27F3N4O2S. The zero-order valence-electron chi connectivity index (χ0n) is 17.2. The van der Waals surface area contributed by atoms with Gasteiger partial charge < -0.3 is 20.5 Å². The van der Waals surface area contributed by atoms with E-state index in [1.54, 1.807) is 12.1 Å². The maximum Gasteiger partial charge on any atom is 0.434 e. The van der Waals surface area contributed by atoms with Gasteiger partial charge in [0.15, 0.2) is 11.7 Å². The third kappa shape index (κ3) is 7.83.